The molecule has 1 aromatic carbocycles. The number of anilines is 1. The summed E-state index contributed by atoms with van der Waals surface area (Å²) >= 11 is 0. The predicted molar refractivity (Wildman–Crippen MR) is 62.5 cm³/mol. The fourth-order valence-electron chi connectivity index (χ4n) is 2.06. The zero-order valence-corrected chi connectivity index (χ0v) is 9.58. The maximum Gasteiger partial charge on any atom is 0.327 e. The first-order valence-electron chi connectivity index (χ1n) is 5.68. The molecule has 1 unspecified atom stereocenters. The molecular weight excluding hydrogens is 244 g/mol. The zero-order valence-electron chi connectivity index (χ0n) is 9.58. The highest BCUT2D eigenvalue weighted by molar-refractivity contribution is 5.62. The molecule has 0 spiro atoms. The molecule has 0 bridgehead atoms. The Morgan fingerprint density at radius 3 is 2.83 bits per heavy atom. The third-order valence-electron chi connectivity index (χ3n) is 2.87. The first-order chi connectivity index (χ1) is 8.58. The normalized spacial score (nSPS) is 19.6. The first kappa shape index (κ1) is 12.7. The standard InChI is InChI=1S/C11H13F2N3O2/c12-7-4-9(13)11(16(17)18)10(5-7)15-8-2-1-3-14-6-8/h4-5,8,14-15H,1-3,6H2. The summed E-state index contributed by atoms with van der Waals surface area (Å²) in [6, 6.07) is 1.41. The summed E-state index contributed by atoms with van der Waals surface area (Å²) in [4.78, 5) is 9.94. The van der Waals surface area contributed by atoms with Crippen molar-refractivity contribution in [2.24, 2.45) is 0 Å². The van der Waals surface area contributed by atoms with Crippen molar-refractivity contribution in [3.05, 3.63) is 33.9 Å². The van der Waals surface area contributed by atoms with Crippen molar-refractivity contribution >= 4 is 11.4 Å². The summed E-state index contributed by atoms with van der Waals surface area (Å²) in [5.41, 5.74) is -0.812. The largest absolute Gasteiger partial charge is 0.375 e. The second-order valence-electron chi connectivity index (χ2n) is 4.23. The highest BCUT2D eigenvalue weighted by Gasteiger charge is 2.24. The average Bonchev–Trinajstić information content (AvgIpc) is 2.28. The van der Waals surface area contributed by atoms with E-state index in [-0.39, 0.29) is 11.7 Å². The van der Waals surface area contributed by atoms with E-state index in [9.17, 15) is 18.9 Å². The molecule has 7 heteroatoms. The summed E-state index contributed by atoms with van der Waals surface area (Å²) in [6.45, 7) is 1.51. The number of nitro groups is 1. The van der Waals surface area contributed by atoms with Crippen LogP contribution in [0.2, 0.25) is 0 Å². The quantitative estimate of drug-likeness (QED) is 0.642. The molecule has 0 amide bonds. The van der Waals surface area contributed by atoms with Crippen molar-refractivity contribution < 1.29 is 13.7 Å². The van der Waals surface area contributed by atoms with E-state index in [1.54, 1.807) is 0 Å². The van der Waals surface area contributed by atoms with E-state index in [1.807, 2.05) is 0 Å². The molecule has 0 aromatic heterocycles. The van der Waals surface area contributed by atoms with E-state index in [0.717, 1.165) is 25.5 Å². The fraction of sp³-hybridized carbons (Fsp3) is 0.455. The van der Waals surface area contributed by atoms with Gasteiger partial charge in [0.15, 0.2) is 0 Å². The van der Waals surface area contributed by atoms with Crippen LogP contribution in [0.1, 0.15) is 12.8 Å². The predicted octanol–water partition coefficient (Wildman–Crippen LogP) is 2.04. The molecular formula is C11H13F2N3O2. The average molecular weight is 257 g/mol. The van der Waals surface area contributed by atoms with Crippen molar-refractivity contribution in [3.8, 4) is 0 Å². The van der Waals surface area contributed by atoms with Crippen LogP contribution in [0.15, 0.2) is 12.1 Å². The van der Waals surface area contributed by atoms with Crippen LogP contribution in [0.5, 0.6) is 0 Å². The number of hydrogen-bond donors (Lipinski definition) is 2. The summed E-state index contributed by atoms with van der Waals surface area (Å²) < 4.78 is 26.5. The highest BCUT2D eigenvalue weighted by atomic mass is 19.1. The SMILES string of the molecule is O=[N+]([O-])c1c(F)cc(F)cc1NC1CCCNC1. The van der Waals surface area contributed by atoms with Crippen molar-refractivity contribution in [3.63, 3.8) is 0 Å². The van der Waals surface area contributed by atoms with E-state index in [2.05, 4.69) is 10.6 Å². The minimum atomic E-state index is -1.16. The molecule has 1 aliphatic rings. The molecule has 1 aromatic rings. The van der Waals surface area contributed by atoms with Gasteiger partial charge in [0.25, 0.3) is 0 Å². The van der Waals surface area contributed by atoms with Gasteiger partial charge in [0.05, 0.1) is 4.92 Å². The van der Waals surface area contributed by atoms with Crippen LogP contribution >= 0.6 is 0 Å². The van der Waals surface area contributed by atoms with Crippen LogP contribution in [0.4, 0.5) is 20.2 Å². The second-order valence-corrected chi connectivity index (χ2v) is 4.23. The Hall–Kier alpha value is -1.76. The van der Waals surface area contributed by atoms with Gasteiger partial charge in [-0.3, -0.25) is 10.1 Å². The van der Waals surface area contributed by atoms with E-state index in [0.29, 0.717) is 12.6 Å². The van der Waals surface area contributed by atoms with Crippen LogP contribution in [0.3, 0.4) is 0 Å². The number of nitro benzene ring substituents is 1. The summed E-state index contributed by atoms with van der Waals surface area (Å²) in [6.07, 6.45) is 1.73. The van der Waals surface area contributed by atoms with E-state index >= 15 is 0 Å². The Balaban J connectivity index is 2.27. The maximum absolute atomic E-state index is 13.4. The molecule has 98 valence electrons. The number of hydrogen-bond acceptors (Lipinski definition) is 4. The van der Waals surface area contributed by atoms with Crippen LogP contribution < -0.4 is 10.6 Å². The van der Waals surface area contributed by atoms with E-state index in [1.165, 1.54) is 0 Å². The molecule has 0 aliphatic carbocycles. The molecule has 0 radical (unpaired) electrons. The van der Waals surface area contributed by atoms with Gasteiger partial charge in [0.2, 0.25) is 5.82 Å². The topological polar surface area (TPSA) is 67.2 Å². The van der Waals surface area contributed by atoms with Crippen molar-refractivity contribution in [1.29, 1.82) is 0 Å². The lowest BCUT2D eigenvalue weighted by molar-refractivity contribution is -0.386. The van der Waals surface area contributed by atoms with Gasteiger partial charge in [-0.2, -0.15) is 4.39 Å². The number of rotatable bonds is 3. The van der Waals surface area contributed by atoms with Gasteiger partial charge in [0, 0.05) is 24.7 Å². The zero-order chi connectivity index (χ0) is 13.1. The van der Waals surface area contributed by atoms with Crippen molar-refractivity contribution in [1.82, 2.24) is 5.32 Å². The van der Waals surface area contributed by atoms with Gasteiger partial charge in [0.1, 0.15) is 11.5 Å². The molecule has 1 heterocycles. The Labute approximate surface area is 102 Å². The molecule has 1 fully saturated rings. The maximum atomic E-state index is 13.4. The number of nitrogens with one attached hydrogen (secondary N) is 2. The molecule has 2 rings (SSSR count). The summed E-state index contributed by atoms with van der Waals surface area (Å²) in [7, 11) is 0. The van der Waals surface area contributed by atoms with E-state index in [4.69, 9.17) is 0 Å². The Kier molecular flexibility index (Phi) is 3.71. The minimum absolute atomic E-state index is 0.0568. The first-order valence-corrected chi connectivity index (χ1v) is 5.68. The van der Waals surface area contributed by atoms with Gasteiger partial charge in [-0.1, -0.05) is 0 Å². The molecule has 1 saturated heterocycles. The smallest absolute Gasteiger partial charge is 0.327 e. The molecule has 1 atom stereocenters. The summed E-state index contributed by atoms with van der Waals surface area (Å²) in [5.74, 6) is -1.99. The van der Waals surface area contributed by atoms with E-state index < -0.39 is 22.2 Å². The van der Waals surface area contributed by atoms with Crippen LogP contribution in [-0.4, -0.2) is 24.1 Å². The number of benzene rings is 1. The fourth-order valence-corrected chi connectivity index (χ4v) is 2.06. The Bertz CT molecular complexity index is 462. The third kappa shape index (κ3) is 2.73. The van der Waals surface area contributed by atoms with Crippen molar-refractivity contribution in [2.45, 2.75) is 18.9 Å². The second kappa shape index (κ2) is 5.26. The number of halogens is 2. The molecule has 1 aliphatic heterocycles. The monoisotopic (exact) mass is 257 g/mol. The van der Waals surface area contributed by atoms with Gasteiger partial charge in [-0.25, -0.2) is 4.39 Å². The van der Waals surface area contributed by atoms with Gasteiger partial charge < -0.3 is 10.6 Å². The number of piperidine rings is 1. The molecule has 18 heavy (non-hydrogen) atoms. The Morgan fingerprint density at radius 2 is 2.22 bits per heavy atom. The van der Waals surface area contributed by atoms with Crippen LogP contribution in [-0.2, 0) is 0 Å². The Morgan fingerprint density at radius 1 is 1.44 bits per heavy atom. The molecule has 2 N–H and O–H groups in total. The van der Waals surface area contributed by atoms with Gasteiger partial charge in [-0.15, -0.1) is 0 Å². The van der Waals surface area contributed by atoms with Gasteiger partial charge >= 0.3 is 5.69 Å². The lowest BCUT2D eigenvalue weighted by atomic mass is 10.1. The minimum Gasteiger partial charge on any atom is -0.375 e. The van der Waals surface area contributed by atoms with Crippen LogP contribution in [0, 0.1) is 21.7 Å². The lowest BCUT2D eigenvalue weighted by Crippen LogP contribution is -2.38. The number of nitrogens with zero attached hydrogens (tertiary/aromatic N) is 1. The molecule has 5 nitrogen and oxygen atoms in total. The van der Waals surface area contributed by atoms with Crippen LogP contribution in [0.25, 0.3) is 0 Å². The van der Waals surface area contributed by atoms with Gasteiger partial charge in [-0.05, 0) is 19.4 Å². The molecule has 0 saturated carbocycles. The lowest BCUT2D eigenvalue weighted by Gasteiger charge is -2.24. The summed E-state index contributed by atoms with van der Waals surface area (Å²) in [5, 5.41) is 16.7. The highest BCUT2D eigenvalue weighted by Crippen LogP contribution is 2.29. The third-order valence-corrected chi connectivity index (χ3v) is 2.87. The van der Waals surface area contributed by atoms with Crippen molar-refractivity contribution in [2.75, 3.05) is 18.4 Å².